The molecular formula is C21H26N3O4S+. The summed E-state index contributed by atoms with van der Waals surface area (Å²) in [7, 11) is -3.72. The van der Waals surface area contributed by atoms with Gasteiger partial charge < -0.3 is 14.9 Å². The Morgan fingerprint density at radius 3 is 2.55 bits per heavy atom. The van der Waals surface area contributed by atoms with E-state index in [4.69, 9.17) is 5.11 Å². The number of fused-ring (bicyclic) bond motifs is 1. The van der Waals surface area contributed by atoms with E-state index in [0.29, 0.717) is 43.9 Å². The molecule has 154 valence electrons. The van der Waals surface area contributed by atoms with Crippen molar-refractivity contribution in [2.45, 2.75) is 11.3 Å². The van der Waals surface area contributed by atoms with Crippen LogP contribution in [0.4, 0.5) is 5.69 Å². The van der Waals surface area contributed by atoms with Crippen LogP contribution in [-0.4, -0.2) is 70.2 Å². The van der Waals surface area contributed by atoms with E-state index in [1.165, 1.54) is 15.3 Å². The van der Waals surface area contributed by atoms with Crippen LogP contribution < -0.4 is 9.21 Å². The van der Waals surface area contributed by atoms with E-state index in [1.54, 1.807) is 23.1 Å². The standard InChI is InChI=1S/C21H25N3O4S/c25-15-14-22-10-12-23(13-11-22)21(26)18-5-3-6-19(16-18)29(27,28)24-9-8-17-4-1-2-7-20(17)24/h1-7,16,25H,8-15H2/p+1. The minimum Gasteiger partial charge on any atom is -0.391 e. The third kappa shape index (κ3) is 3.88. The fraction of sp³-hybridized carbons (Fsp3) is 0.381. The lowest BCUT2D eigenvalue weighted by Gasteiger charge is -2.32. The molecule has 0 spiro atoms. The van der Waals surface area contributed by atoms with Crippen LogP contribution in [0.2, 0.25) is 0 Å². The third-order valence-corrected chi connectivity index (χ3v) is 7.55. The molecule has 4 rings (SSSR count). The number of sulfonamides is 1. The number of amides is 1. The quantitative estimate of drug-likeness (QED) is 0.706. The highest BCUT2D eigenvalue weighted by Gasteiger charge is 2.31. The molecule has 0 radical (unpaired) electrons. The molecule has 7 nitrogen and oxygen atoms in total. The summed E-state index contributed by atoms with van der Waals surface area (Å²) in [6.45, 7) is 4.02. The number of carbonyl (C=O) groups is 1. The van der Waals surface area contributed by atoms with E-state index < -0.39 is 10.0 Å². The number of hydrogen-bond donors (Lipinski definition) is 2. The fourth-order valence-electron chi connectivity index (χ4n) is 4.09. The highest BCUT2D eigenvalue weighted by Crippen LogP contribution is 2.32. The van der Waals surface area contributed by atoms with Crippen LogP contribution in [0, 0.1) is 0 Å². The van der Waals surface area contributed by atoms with Crippen LogP contribution in [0.15, 0.2) is 53.4 Å². The maximum absolute atomic E-state index is 13.2. The Morgan fingerprint density at radius 2 is 1.79 bits per heavy atom. The molecule has 2 aromatic carbocycles. The molecule has 0 bridgehead atoms. The van der Waals surface area contributed by atoms with Crippen molar-refractivity contribution >= 4 is 21.6 Å². The monoisotopic (exact) mass is 416 g/mol. The topological polar surface area (TPSA) is 82.4 Å². The van der Waals surface area contributed by atoms with Gasteiger partial charge in [0.2, 0.25) is 0 Å². The largest absolute Gasteiger partial charge is 0.391 e. The van der Waals surface area contributed by atoms with Gasteiger partial charge in [-0.05, 0) is 36.2 Å². The van der Waals surface area contributed by atoms with E-state index in [1.807, 2.05) is 24.3 Å². The number of rotatable bonds is 5. The molecule has 2 heterocycles. The summed E-state index contributed by atoms with van der Waals surface area (Å²) >= 11 is 0. The first-order chi connectivity index (χ1) is 14.0. The maximum Gasteiger partial charge on any atom is 0.264 e. The fourth-order valence-corrected chi connectivity index (χ4v) is 5.64. The van der Waals surface area contributed by atoms with Gasteiger partial charge in [0.1, 0.15) is 6.54 Å². The first kappa shape index (κ1) is 19.9. The van der Waals surface area contributed by atoms with Crippen molar-refractivity contribution in [1.82, 2.24) is 4.90 Å². The molecule has 0 saturated carbocycles. The van der Waals surface area contributed by atoms with Gasteiger partial charge in [-0.1, -0.05) is 24.3 Å². The minimum absolute atomic E-state index is 0.142. The lowest BCUT2D eigenvalue weighted by Crippen LogP contribution is -3.15. The molecule has 0 aliphatic carbocycles. The van der Waals surface area contributed by atoms with Gasteiger partial charge in [-0.3, -0.25) is 9.10 Å². The average Bonchev–Trinajstić information content (AvgIpc) is 3.19. The number of anilines is 1. The van der Waals surface area contributed by atoms with Crippen LogP contribution >= 0.6 is 0 Å². The molecule has 8 heteroatoms. The first-order valence-corrected chi connectivity index (χ1v) is 11.4. The zero-order chi connectivity index (χ0) is 20.4. The average molecular weight is 417 g/mol. The number of nitrogens with zero attached hydrogens (tertiary/aromatic N) is 2. The number of aliphatic hydroxyl groups is 1. The molecule has 2 aromatic rings. The SMILES string of the molecule is O=C(c1cccc(S(=O)(=O)N2CCc3ccccc32)c1)N1CC[NH+](CCO)CC1. The minimum atomic E-state index is -3.72. The molecule has 2 aliphatic rings. The van der Waals surface area contributed by atoms with E-state index in [9.17, 15) is 13.2 Å². The van der Waals surface area contributed by atoms with Gasteiger partial charge in [0, 0.05) is 12.1 Å². The molecule has 2 N–H and O–H groups in total. The summed E-state index contributed by atoms with van der Waals surface area (Å²) in [5.41, 5.74) is 2.13. The maximum atomic E-state index is 13.2. The van der Waals surface area contributed by atoms with Gasteiger partial charge in [0.05, 0.1) is 43.4 Å². The molecule has 0 aromatic heterocycles. The van der Waals surface area contributed by atoms with Crippen molar-refractivity contribution in [3.8, 4) is 0 Å². The number of carbonyl (C=O) groups excluding carboxylic acids is 1. The summed E-state index contributed by atoms with van der Waals surface area (Å²) < 4.78 is 27.9. The van der Waals surface area contributed by atoms with Crippen molar-refractivity contribution in [2.24, 2.45) is 0 Å². The smallest absolute Gasteiger partial charge is 0.264 e. The number of piperazine rings is 1. The van der Waals surface area contributed by atoms with E-state index in [2.05, 4.69) is 0 Å². The van der Waals surface area contributed by atoms with E-state index in [-0.39, 0.29) is 17.4 Å². The van der Waals surface area contributed by atoms with Gasteiger partial charge in [-0.25, -0.2) is 8.42 Å². The van der Waals surface area contributed by atoms with Crippen LogP contribution in [0.1, 0.15) is 15.9 Å². The summed E-state index contributed by atoms with van der Waals surface area (Å²) in [6.07, 6.45) is 0.689. The Labute approximate surface area is 171 Å². The number of benzene rings is 2. The van der Waals surface area contributed by atoms with Gasteiger partial charge >= 0.3 is 0 Å². The first-order valence-electron chi connectivity index (χ1n) is 9.95. The molecule has 29 heavy (non-hydrogen) atoms. The highest BCUT2D eigenvalue weighted by atomic mass is 32.2. The van der Waals surface area contributed by atoms with Crippen molar-refractivity contribution in [2.75, 3.05) is 50.2 Å². The van der Waals surface area contributed by atoms with Crippen molar-refractivity contribution in [1.29, 1.82) is 0 Å². The van der Waals surface area contributed by atoms with E-state index in [0.717, 1.165) is 18.7 Å². The lowest BCUT2D eigenvalue weighted by molar-refractivity contribution is -0.904. The van der Waals surface area contributed by atoms with Gasteiger partial charge in [0.25, 0.3) is 15.9 Å². The van der Waals surface area contributed by atoms with Gasteiger partial charge in [0.15, 0.2) is 0 Å². The number of nitrogens with one attached hydrogen (secondary N) is 1. The second-order valence-electron chi connectivity index (χ2n) is 7.50. The Morgan fingerprint density at radius 1 is 1.03 bits per heavy atom. The molecule has 0 unspecified atom stereocenters. The second kappa shape index (κ2) is 8.14. The number of para-hydroxylation sites is 1. The van der Waals surface area contributed by atoms with Crippen LogP contribution in [0.5, 0.6) is 0 Å². The van der Waals surface area contributed by atoms with Gasteiger partial charge in [-0.2, -0.15) is 0 Å². The van der Waals surface area contributed by atoms with Crippen molar-refractivity contribution in [3.63, 3.8) is 0 Å². The number of hydrogen-bond acceptors (Lipinski definition) is 4. The summed E-state index contributed by atoms with van der Waals surface area (Å²) in [5, 5.41) is 9.07. The van der Waals surface area contributed by atoms with Crippen molar-refractivity contribution in [3.05, 3.63) is 59.7 Å². The zero-order valence-corrected chi connectivity index (χ0v) is 17.1. The molecule has 1 saturated heterocycles. The lowest BCUT2D eigenvalue weighted by atomic mass is 10.2. The summed E-state index contributed by atoms with van der Waals surface area (Å²) in [4.78, 5) is 16.1. The number of aliphatic hydroxyl groups excluding tert-OH is 1. The van der Waals surface area contributed by atoms with Crippen molar-refractivity contribution < 1.29 is 23.2 Å². The Kier molecular flexibility index (Phi) is 5.58. The second-order valence-corrected chi connectivity index (χ2v) is 9.36. The molecular weight excluding hydrogens is 390 g/mol. The van der Waals surface area contributed by atoms with Crippen LogP contribution in [-0.2, 0) is 16.4 Å². The molecule has 1 fully saturated rings. The normalized spacial score (nSPS) is 17.4. The molecule has 0 atom stereocenters. The highest BCUT2D eigenvalue weighted by molar-refractivity contribution is 7.92. The molecule has 1 amide bonds. The molecule has 2 aliphatic heterocycles. The zero-order valence-electron chi connectivity index (χ0n) is 16.3. The van der Waals surface area contributed by atoms with E-state index >= 15 is 0 Å². The van der Waals surface area contributed by atoms with Crippen LogP contribution in [0.3, 0.4) is 0 Å². The third-order valence-electron chi connectivity index (χ3n) is 5.74. The summed E-state index contributed by atoms with van der Waals surface area (Å²) in [5.74, 6) is -0.146. The Bertz CT molecular complexity index is 1000. The Hall–Kier alpha value is -2.42. The Balaban J connectivity index is 1.54. The number of quaternary nitrogens is 1. The predicted molar refractivity (Wildman–Crippen MR) is 110 cm³/mol. The van der Waals surface area contributed by atoms with Crippen LogP contribution in [0.25, 0.3) is 0 Å². The summed E-state index contributed by atoms with van der Waals surface area (Å²) in [6, 6.07) is 13.9. The predicted octanol–water partition coefficient (Wildman–Crippen LogP) is -0.229. The van der Waals surface area contributed by atoms with Gasteiger partial charge in [-0.15, -0.1) is 0 Å².